The molecule has 1 aromatic carbocycles. The molecule has 0 radical (unpaired) electrons. The molecule has 2 fully saturated rings. The lowest BCUT2D eigenvalue weighted by Gasteiger charge is -2.30. The van der Waals surface area contributed by atoms with Crippen molar-refractivity contribution >= 4 is 11.0 Å². The molecule has 3 heteroatoms. The first-order chi connectivity index (χ1) is 8.40. The van der Waals surface area contributed by atoms with Crippen LogP contribution in [-0.4, -0.2) is 21.6 Å². The molecule has 3 nitrogen and oxygen atoms in total. The summed E-state index contributed by atoms with van der Waals surface area (Å²) in [5.41, 5.74) is 2.41. The second-order valence-corrected chi connectivity index (χ2v) is 5.40. The molecule has 2 bridgehead atoms. The first-order valence-electron chi connectivity index (χ1n) is 6.58. The van der Waals surface area contributed by atoms with Crippen LogP contribution in [0.4, 0.5) is 0 Å². The minimum atomic E-state index is 0.640. The molecule has 17 heavy (non-hydrogen) atoms. The number of nitrogens with one attached hydrogen (secondary N) is 1. The first-order valence-corrected chi connectivity index (χ1v) is 6.58. The van der Waals surface area contributed by atoms with Crippen LogP contribution in [0.15, 0.2) is 30.6 Å². The largest absolute Gasteiger partial charge is 0.327 e. The second kappa shape index (κ2) is 3.57. The van der Waals surface area contributed by atoms with Gasteiger partial charge in [0.15, 0.2) is 0 Å². The third-order valence-electron chi connectivity index (χ3n) is 4.32. The van der Waals surface area contributed by atoms with E-state index in [0.717, 1.165) is 17.6 Å². The number of para-hydroxylation sites is 2. The zero-order chi connectivity index (χ0) is 11.2. The van der Waals surface area contributed by atoms with Crippen LogP contribution in [-0.2, 0) is 0 Å². The zero-order valence-electron chi connectivity index (χ0n) is 9.84. The first kappa shape index (κ1) is 9.66. The molecule has 0 saturated carbocycles. The molecule has 88 valence electrons. The quantitative estimate of drug-likeness (QED) is 0.811. The van der Waals surface area contributed by atoms with Crippen molar-refractivity contribution in [2.24, 2.45) is 0 Å². The molecular weight excluding hydrogens is 210 g/mol. The molecular formula is C14H17N3. The summed E-state index contributed by atoms with van der Waals surface area (Å²) in [6.07, 6.45) is 7.26. The lowest BCUT2D eigenvalue weighted by atomic mass is 9.99. The average molecular weight is 227 g/mol. The molecule has 1 aromatic heterocycles. The Kier molecular flexibility index (Phi) is 2.03. The van der Waals surface area contributed by atoms with Crippen LogP contribution in [0.5, 0.6) is 0 Å². The predicted molar refractivity (Wildman–Crippen MR) is 67.9 cm³/mol. The molecule has 0 spiro atoms. The predicted octanol–water partition coefficient (Wildman–Crippen LogP) is 2.49. The van der Waals surface area contributed by atoms with Gasteiger partial charge in [0, 0.05) is 18.1 Å². The van der Waals surface area contributed by atoms with Gasteiger partial charge < -0.3 is 9.88 Å². The molecule has 2 aliphatic rings. The van der Waals surface area contributed by atoms with E-state index in [9.17, 15) is 0 Å². The number of benzene rings is 1. The van der Waals surface area contributed by atoms with Gasteiger partial charge in [0.1, 0.15) is 0 Å². The van der Waals surface area contributed by atoms with E-state index in [-0.39, 0.29) is 0 Å². The van der Waals surface area contributed by atoms with E-state index in [1.165, 1.54) is 31.2 Å². The van der Waals surface area contributed by atoms with Gasteiger partial charge in [-0.15, -0.1) is 0 Å². The maximum Gasteiger partial charge on any atom is 0.0960 e. The number of rotatable bonds is 1. The Bertz CT molecular complexity index is 533. The van der Waals surface area contributed by atoms with Crippen molar-refractivity contribution in [2.45, 2.75) is 43.8 Å². The fraction of sp³-hybridized carbons (Fsp3) is 0.500. The lowest BCUT2D eigenvalue weighted by molar-refractivity contribution is 0.303. The highest BCUT2D eigenvalue weighted by atomic mass is 15.1. The SMILES string of the molecule is c1ccc2c(c1)ncn2C1C[C@@H]2CC[C@@H](C1)N2. The van der Waals surface area contributed by atoms with Crippen LogP contribution in [0.2, 0.25) is 0 Å². The minimum absolute atomic E-state index is 0.640. The number of nitrogens with zero attached hydrogens (tertiary/aromatic N) is 2. The molecule has 2 aliphatic heterocycles. The van der Waals surface area contributed by atoms with Gasteiger partial charge in [0.05, 0.1) is 17.4 Å². The summed E-state index contributed by atoms with van der Waals surface area (Å²) in [5.74, 6) is 0. The summed E-state index contributed by atoms with van der Waals surface area (Å²) in [7, 11) is 0. The fourth-order valence-electron chi connectivity index (χ4n) is 3.52. The highest BCUT2D eigenvalue weighted by molar-refractivity contribution is 5.75. The average Bonchev–Trinajstić information content (AvgIpc) is 2.93. The summed E-state index contributed by atoms with van der Waals surface area (Å²) in [6, 6.07) is 10.6. The number of aromatic nitrogens is 2. The van der Waals surface area contributed by atoms with E-state index < -0.39 is 0 Å². The number of fused-ring (bicyclic) bond motifs is 3. The van der Waals surface area contributed by atoms with Crippen molar-refractivity contribution in [3.05, 3.63) is 30.6 Å². The van der Waals surface area contributed by atoms with Crippen LogP contribution < -0.4 is 5.32 Å². The van der Waals surface area contributed by atoms with E-state index in [1.807, 2.05) is 6.33 Å². The van der Waals surface area contributed by atoms with Crippen molar-refractivity contribution < 1.29 is 0 Å². The Hall–Kier alpha value is -1.35. The van der Waals surface area contributed by atoms with Gasteiger partial charge in [0.25, 0.3) is 0 Å². The Morgan fingerprint density at radius 2 is 1.88 bits per heavy atom. The Morgan fingerprint density at radius 1 is 1.12 bits per heavy atom. The highest BCUT2D eigenvalue weighted by Crippen LogP contribution is 2.35. The normalized spacial score (nSPS) is 32.1. The van der Waals surface area contributed by atoms with Crippen LogP contribution in [0.1, 0.15) is 31.7 Å². The van der Waals surface area contributed by atoms with Gasteiger partial charge in [-0.25, -0.2) is 4.98 Å². The number of imidazole rings is 1. The minimum Gasteiger partial charge on any atom is -0.327 e. The second-order valence-electron chi connectivity index (χ2n) is 5.40. The highest BCUT2D eigenvalue weighted by Gasteiger charge is 2.34. The molecule has 2 atom stereocenters. The maximum atomic E-state index is 4.51. The topological polar surface area (TPSA) is 29.9 Å². The fourth-order valence-corrected chi connectivity index (χ4v) is 3.52. The molecule has 0 aliphatic carbocycles. The van der Waals surface area contributed by atoms with Crippen molar-refractivity contribution in [1.29, 1.82) is 0 Å². The van der Waals surface area contributed by atoms with Crippen molar-refractivity contribution in [3.63, 3.8) is 0 Å². The van der Waals surface area contributed by atoms with Crippen LogP contribution in [0.25, 0.3) is 11.0 Å². The third kappa shape index (κ3) is 1.49. The number of hydrogen-bond donors (Lipinski definition) is 1. The Balaban J connectivity index is 1.74. The van der Waals surface area contributed by atoms with Gasteiger partial charge in [-0.3, -0.25) is 0 Å². The van der Waals surface area contributed by atoms with Crippen molar-refractivity contribution in [3.8, 4) is 0 Å². The monoisotopic (exact) mass is 227 g/mol. The van der Waals surface area contributed by atoms with Crippen LogP contribution in [0, 0.1) is 0 Å². The third-order valence-corrected chi connectivity index (χ3v) is 4.32. The lowest BCUT2D eigenvalue weighted by Crippen LogP contribution is -2.38. The molecule has 2 saturated heterocycles. The van der Waals surface area contributed by atoms with Crippen LogP contribution in [0.3, 0.4) is 0 Å². The van der Waals surface area contributed by atoms with E-state index in [1.54, 1.807) is 0 Å². The van der Waals surface area contributed by atoms with Crippen molar-refractivity contribution in [1.82, 2.24) is 14.9 Å². The molecule has 2 aromatic rings. The van der Waals surface area contributed by atoms with E-state index >= 15 is 0 Å². The number of hydrogen-bond acceptors (Lipinski definition) is 2. The Morgan fingerprint density at radius 3 is 2.71 bits per heavy atom. The molecule has 1 N–H and O–H groups in total. The molecule has 0 amide bonds. The molecule has 0 unspecified atom stereocenters. The van der Waals surface area contributed by atoms with E-state index in [2.05, 4.69) is 39.1 Å². The molecule has 4 rings (SSSR count). The van der Waals surface area contributed by atoms with Gasteiger partial charge >= 0.3 is 0 Å². The van der Waals surface area contributed by atoms with Gasteiger partial charge in [0.2, 0.25) is 0 Å². The summed E-state index contributed by atoms with van der Waals surface area (Å²) >= 11 is 0. The van der Waals surface area contributed by atoms with Gasteiger partial charge in [-0.2, -0.15) is 0 Å². The van der Waals surface area contributed by atoms with Gasteiger partial charge in [-0.1, -0.05) is 12.1 Å². The summed E-state index contributed by atoms with van der Waals surface area (Å²) in [5, 5.41) is 3.70. The summed E-state index contributed by atoms with van der Waals surface area (Å²) < 4.78 is 2.39. The smallest absolute Gasteiger partial charge is 0.0960 e. The van der Waals surface area contributed by atoms with E-state index in [4.69, 9.17) is 0 Å². The van der Waals surface area contributed by atoms with Crippen LogP contribution >= 0.6 is 0 Å². The zero-order valence-corrected chi connectivity index (χ0v) is 9.84. The maximum absolute atomic E-state index is 4.51. The Labute approximate surface area is 101 Å². The summed E-state index contributed by atoms with van der Waals surface area (Å²) in [4.78, 5) is 4.51. The van der Waals surface area contributed by atoms with E-state index in [0.29, 0.717) is 6.04 Å². The standard InChI is InChI=1S/C14H17N3/c1-2-4-14-13(3-1)15-9-17(14)12-7-10-5-6-11(8-12)16-10/h1-4,9-12,16H,5-8H2/t10-,11-/m0/s1. The van der Waals surface area contributed by atoms with Gasteiger partial charge in [-0.05, 0) is 37.8 Å². The molecule has 3 heterocycles. The summed E-state index contributed by atoms with van der Waals surface area (Å²) in [6.45, 7) is 0. The number of piperidine rings is 1. The van der Waals surface area contributed by atoms with Crippen molar-refractivity contribution in [2.75, 3.05) is 0 Å².